The third kappa shape index (κ3) is 2.92. The van der Waals surface area contributed by atoms with Crippen molar-refractivity contribution in [3.05, 3.63) is 32.8 Å². The van der Waals surface area contributed by atoms with E-state index in [0.29, 0.717) is 6.42 Å². The van der Waals surface area contributed by atoms with Crippen LogP contribution in [0.2, 0.25) is 0 Å². The lowest BCUT2D eigenvalue weighted by atomic mass is 10.2. The van der Waals surface area contributed by atoms with Crippen LogP contribution in [0.5, 0.6) is 0 Å². The fourth-order valence-corrected chi connectivity index (χ4v) is 4.56. The highest BCUT2D eigenvalue weighted by atomic mass is 79.9. The number of hydrogen-bond acceptors (Lipinski definition) is 5. The normalized spacial score (nSPS) is 19.6. The minimum Gasteiger partial charge on any atom is -0.480 e. The summed E-state index contributed by atoms with van der Waals surface area (Å²) in [4.78, 5) is 21.0. The molecule has 114 valence electrons. The van der Waals surface area contributed by atoms with E-state index in [4.69, 9.17) is 5.11 Å². The second-order valence-corrected chi connectivity index (χ2v) is 7.23. The Labute approximate surface area is 128 Å². The summed E-state index contributed by atoms with van der Waals surface area (Å²) in [6.45, 7) is 0.119. The molecule has 0 bridgehead atoms. The maximum atomic E-state index is 12.5. The molecule has 1 aliphatic rings. The summed E-state index contributed by atoms with van der Waals surface area (Å²) in [5.41, 5.74) is -0.259. The molecule has 0 unspecified atom stereocenters. The van der Waals surface area contributed by atoms with Crippen LogP contribution in [0.3, 0.4) is 0 Å². The number of nitrogens with zero attached hydrogens (tertiary/aromatic N) is 2. The second kappa shape index (κ2) is 5.70. The first kappa shape index (κ1) is 15.9. The third-order valence-corrected chi connectivity index (χ3v) is 5.75. The number of carboxylic acid groups (broad SMARTS) is 1. The number of sulfonamides is 1. The highest BCUT2D eigenvalue weighted by molar-refractivity contribution is 9.10. The molecule has 10 heteroatoms. The molecule has 0 radical (unpaired) electrons. The van der Waals surface area contributed by atoms with Crippen molar-refractivity contribution >= 4 is 37.6 Å². The first-order valence-corrected chi connectivity index (χ1v) is 8.17. The summed E-state index contributed by atoms with van der Waals surface area (Å²) in [5, 5.41) is 19.8. The van der Waals surface area contributed by atoms with Gasteiger partial charge in [0, 0.05) is 12.6 Å². The van der Waals surface area contributed by atoms with E-state index in [1.54, 1.807) is 0 Å². The first-order chi connectivity index (χ1) is 9.75. The van der Waals surface area contributed by atoms with E-state index < -0.39 is 27.0 Å². The monoisotopic (exact) mass is 378 g/mol. The fourth-order valence-electron chi connectivity index (χ4n) is 2.21. The fraction of sp³-hybridized carbons (Fsp3) is 0.364. The molecule has 2 rings (SSSR count). The molecule has 1 fully saturated rings. The number of carboxylic acids is 1. The molecule has 1 heterocycles. The number of rotatable bonds is 4. The van der Waals surface area contributed by atoms with Gasteiger partial charge in [0.1, 0.15) is 6.04 Å². The maximum absolute atomic E-state index is 12.5. The van der Waals surface area contributed by atoms with E-state index in [1.807, 2.05) is 0 Å². The number of aliphatic carboxylic acids is 1. The SMILES string of the molecule is O=C(O)[C@@H]1CCCN1S(=O)(=O)c1ccc([N+](=O)[O-])c(Br)c1. The number of hydrogen-bond donors (Lipinski definition) is 1. The molecule has 1 N–H and O–H groups in total. The molecule has 21 heavy (non-hydrogen) atoms. The van der Waals surface area contributed by atoms with Gasteiger partial charge in [0.15, 0.2) is 0 Å². The number of nitro benzene ring substituents is 1. The van der Waals surface area contributed by atoms with Gasteiger partial charge in [-0.15, -0.1) is 0 Å². The van der Waals surface area contributed by atoms with Gasteiger partial charge in [-0.25, -0.2) is 8.42 Å². The van der Waals surface area contributed by atoms with Crippen molar-refractivity contribution in [2.75, 3.05) is 6.54 Å². The number of nitro groups is 1. The molecule has 8 nitrogen and oxygen atoms in total. The first-order valence-electron chi connectivity index (χ1n) is 5.93. The second-order valence-electron chi connectivity index (χ2n) is 4.48. The zero-order chi connectivity index (χ0) is 15.8. The summed E-state index contributed by atoms with van der Waals surface area (Å²) >= 11 is 2.95. The lowest BCUT2D eigenvalue weighted by Crippen LogP contribution is -2.40. The summed E-state index contributed by atoms with van der Waals surface area (Å²) in [6, 6.07) is 2.20. The molecular weight excluding hydrogens is 368 g/mol. The molecule has 0 saturated carbocycles. The van der Waals surface area contributed by atoms with E-state index in [9.17, 15) is 23.3 Å². The Kier molecular flexibility index (Phi) is 4.30. The van der Waals surface area contributed by atoms with Crippen LogP contribution in [0.25, 0.3) is 0 Å². The van der Waals surface area contributed by atoms with Gasteiger partial charge in [0.05, 0.1) is 14.3 Å². The Bertz CT molecular complexity index is 705. The molecule has 1 saturated heterocycles. The van der Waals surface area contributed by atoms with Gasteiger partial charge in [-0.1, -0.05) is 0 Å². The van der Waals surface area contributed by atoms with Gasteiger partial charge in [-0.2, -0.15) is 4.31 Å². The van der Waals surface area contributed by atoms with Crippen molar-refractivity contribution in [2.24, 2.45) is 0 Å². The van der Waals surface area contributed by atoms with Gasteiger partial charge in [-0.3, -0.25) is 14.9 Å². The molecular formula is C11H11BrN2O6S. The van der Waals surface area contributed by atoms with Crippen LogP contribution in [0.1, 0.15) is 12.8 Å². The Hall–Kier alpha value is -1.52. The molecule has 0 aliphatic carbocycles. The van der Waals surface area contributed by atoms with Crippen molar-refractivity contribution in [3.8, 4) is 0 Å². The van der Waals surface area contributed by atoms with Crippen molar-refractivity contribution in [2.45, 2.75) is 23.8 Å². The largest absolute Gasteiger partial charge is 0.480 e. The molecule has 1 atom stereocenters. The quantitative estimate of drug-likeness (QED) is 0.627. The summed E-state index contributed by atoms with van der Waals surface area (Å²) < 4.78 is 25.9. The van der Waals surface area contributed by atoms with Crippen molar-refractivity contribution in [3.63, 3.8) is 0 Å². The zero-order valence-electron chi connectivity index (χ0n) is 10.6. The Morgan fingerprint density at radius 1 is 1.48 bits per heavy atom. The highest BCUT2D eigenvalue weighted by Gasteiger charge is 2.39. The lowest BCUT2D eigenvalue weighted by molar-refractivity contribution is -0.385. The predicted octanol–water partition coefficient (Wildman–Crippen LogP) is 1.59. The van der Waals surface area contributed by atoms with Crippen LogP contribution in [0.15, 0.2) is 27.6 Å². The number of benzene rings is 1. The van der Waals surface area contributed by atoms with Gasteiger partial charge >= 0.3 is 5.97 Å². The van der Waals surface area contributed by atoms with E-state index >= 15 is 0 Å². The van der Waals surface area contributed by atoms with Crippen LogP contribution in [0.4, 0.5) is 5.69 Å². The highest BCUT2D eigenvalue weighted by Crippen LogP contribution is 2.31. The van der Waals surface area contributed by atoms with Crippen LogP contribution in [-0.2, 0) is 14.8 Å². The average Bonchev–Trinajstić information content (AvgIpc) is 2.88. The minimum absolute atomic E-state index is 0.0275. The van der Waals surface area contributed by atoms with Crippen LogP contribution in [-0.4, -0.2) is 41.3 Å². The standard InChI is InChI=1S/C11H11BrN2O6S/c12-8-6-7(3-4-9(8)14(17)18)21(19,20)13-5-1-2-10(13)11(15)16/h3-4,6,10H,1-2,5H2,(H,15,16)/t10-/m0/s1. The van der Waals surface area contributed by atoms with E-state index in [1.165, 1.54) is 0 Å². The Morgan fingerprint density at radius 2 is 2.14 bits per heavy atom. The smallest absolute Gasteiger partial charge is 0.322 e. The van der Waals surface area contributed by atoms with E-state index in [-0.39, 0.29) is 28.0 Å². The average molecular weight is 379 g/mol. The van der Waals surface area contributed by atoms with Crippen LogP contribution in [0, 0.1) is 10.1 Å². The zero-order valence-corrected chi connectivity index (χ0v) is 13.0. The molecule has 1 aromatic carbocycles. The Morgan fingerprint density at radius 3 is 2.67 bits per heavy atom. The third-order valence-electron chi connectivity index (χ3n) is 3.21. The summed E-state index contributed by atoms with van der Waals surface area (Å²) in [6.07, 6.45) is 0.715. The van der Waals surface area contributed by atoms with Crippen molar-refractivity contribution in [1.29, 1.82) is 0 Å². The molecule has 0 spiro atoms. The van der Waals surface area contributed by atoms with Gasteiger partial charge < -0.3 is 5.11 Å². The van der Waals surface area contributed by atoms with E-state index in [2.05, 4.69) is 15.9 Å². The van der Waals surface area contributed by atoms with Gasteiger partial charge in [0.25, 0.3) is 5.69 Å². The van der Waals surface area contributed by atoms with Crippen LogP contribution >= 0.6 is 15.9 Å². The summed E-state index contributed by atoms with van der Waals surface area (Å²) in [5.74, 6) is -1.20. The van der Waals surface area contributed by atoms with Crippen LogP contribution < -0.4 is 0 Å². The number of halogens is 1. The van der Waals surface area contributed by atoms with Crippen molar-refractivity contribution < 1.29 is 23.2 Å². The topological polar surface area (TPSA) is 118 Å². The lowest BCUT2D eigenvalue weighted by Gasteiger charge is -2.20. The van der Waals surface area contributed by atoms with Gasteiger partial charge in [-0.05, 0) is 40.9 Å². The molecule has 0 aromatic heterocycles. The maximum Gasteiger partial charge on any atom is 0.322 e. The predicted molar refractivity (Wildman–Crippen MR) is 75.3 cm³/mol. The summed E-state index contributed by atoms with van der Waals surface area (Å²) in [7, 11) is -4.00. The molecule has 1 aromatic rings. The van der Waals surface area contributed by atoms with Gasteiger partial charge in [0.2, 0.25) is 10.0 Å². The van der Waals surface area contributed by atoms with E-state index in [0.717, 1.165) is 22.5 Å². The number of carbonyl (C=O) groups is 1. The Balaban J connectivity index is 2.43. The molecule has 0 amide bonds. The molecule has 1 aliphatic heterocycles. The minimum atomic E-state index is -4.00. The van der Waals surface area contributed by atoms with Crippen molar-refractivity contribution in [1.82, 2.24) is 4.31 Å².